The number of nitrogens with zero attached hydrogens (tertiary/aromatic N) is 1. The summed E-state index contributed by atoms with van der Waals surface area (Å²) in [7, 11) is -3.55. The standard InChI is InChI=1S/C19H20Cl2N2O3S2/c1-27-14-5-7-15(8-6-14)28(25,26)23-11-9-13(10-12-23)19(24)22-17-4-2-3-16(20)18(17)21/h2-8,13H,9-12H2,1H3,(H,22,24). The third-order valence-electron chi connectivity index (χ3n) is 4.73. The lowest BCUT2D eigenvalue weighted by molar-refractivity contribution is -0.120. The van der Waals surface area contributed by atoms with E-state index in [1.54, 1.807) is 54.2 Å². The second-order valence-electron chi connectivity index (χ2n) is 6.44. The van der Waals surface area contributed by atoms with E-state index >= 15 is 0 Å². The summed E-state index contributed by atoms with van der Waals surface area (Å²) >= 11 is 13.6. The van der Waals surface area contributed by atoms with Gasteiger partial charge in [-0.3, -0.25) is 4.79 Å². The number of rotatable bonds is 5. The zero-order chi connectivity index (χ0) is 20.3. The molecule has 0 saturated carbocycles. The van der Waals surface area contributed by atoms with Crippen molar-refractivity contribution < 1.29 is 13.2 Å². The maximum absolute atomic E-state index is 12.8. The van der Waals surface area contributed by atoms with Crippen molar-refractivity contribution in [1.82, 2.24) is 4.31 Å². The quantitative estimate of drug-likeness (QED) is 0.656. The maximum Gasteiger partial charge on any atom is 0.243 e. The molecule has 1 saturated heterocycles. The molecular formula is C19H20Cl2N2O3S2. The summed E-state index contributed by atoms with van der Waals surface area (Å²) in [5.74, 6) is -0.453. The molecule has 150 valence electrons. The van der Waals surface area contributed by atoms with Gasteiger partial charge >= 0.3 is 0 Å². The first-order valence-corrected chi connectivity index (χ1v) is 12.1. The molecule has 0 spiro atoms. The summed E-state index contributed by atoms with van der Waals surface area (Å²) in [6.45, 7) is 0.599. The van der Waals surface area contributed by atoms with Gasteiger partial charge in [-0.25, -0.2) is 8.42 Å². The fraction of sp³-hybridized carbons (Fsp3) is 0.316. The number of anilines is 1. The highest BCUT2D eigenvalue weighted by atomic mass is 35.5. The van der Waals surface area contributed by atoms with E-state index in [0.29, 0.717) is 41.7 Å². The van der Waals surface area contributed by atoms with Crippen LogP contribution in [0.15, 0.2) is 52.3 Å². The number of halogens is 2. The van der Waals surface area contributed by atoms with Crippen molar-refractivity contribution in [3.8, 4) is 0 Å². The Labute approximate surface area is 179 Å². The van der Waals surface area contributed by atoms with E-state index in [9.17, 15) is 13.2 Å². The Morgan fingerprint density at radius 3 is 2.36 bits per heavy atom. The molecule has 0 aromatic heterocycles. The summed E-state index contributed by atoms with van der Waals surface area (Å²) in [6.07, 6.45) is 2.84. The Bertz CT molecular complexity index is 958. The number of benzene rings is 2. The Morgan fingerprint density at radius 2 is 1.75 bits per heavy atom. The van der Waals surface area contributed by atoms with Gasteiger partial charge in [-0.2, -0.15) is 4.31 Å². The van der Waals surface area contributed by atoms with E-state index in [1.807, 2.05) is 6.26 Å². The normalized spacial score (nSPS) is 16.1. The first-order valence-electron chi connectivity index (χ1n) is 8.72. The zero-order valence-electron chi connectivity index (χ0n) is 15.2. The largest absolute Gasteiger partial charge is 0.324 e. The summed E-state index contributed by atoms with van der Waals surface area (Å²) in [4.78, 5) is 13.8. The molecule has 9 heteroatoms. The molecule has 1 aliphatic rings. The van der Waals surface area contributed by atoms with Crippen molar-refractivity contribution in [2.75, 3.05) is 24.7 Å². The lowest BCUT2D eigenvalue weighted by atomic mass is 9.97. The summed E-state index contributed by atoms with van der Waals surface area (Å²) < 4.78 is 27.1. The van der Waals surface area contributed by atoms with Crippen LogP contribution in [0.5, 0.6) is 0 Å². The fourth-order valence-electron chi connectivity index (χ4n) is 3.09. The van der Waals surface area contributed by atoms with E-state index in [-0.39, 0.29) is 16.7 Å². The molecule has 0 atom stereocenters. The minimum atomic E-state index is -3.55. The Morgan fingerprint density at radius 1 is 1.11 bits per heavy atom. The molecule has 3 rings (SSSR count). The fourth-order valence-corrected chi connectivity index (χ4v) is 5.32. The van der Waals surface area contributed by atoms with Gasteiger partial charge in [0.1, 0.15) is 0 Å². The molecule has 2 aromatic carbocycles. The third kappa shape index (κ3) is 4.66. The topological polar surface area (TPSA) is 66.5 Å². The molecule has 1 fully saturated rings. The molecule has 0 aliphatic carbocycles. The van der Waals surface area contributed by atoms with E-state index in [0.717, 1.165) is 4.90 Å². The van der Waals surface area contributed by atoms with Gasteiger partial charge in [-0.15, -0.1) is 11.8 Å². The minimum Gasteiger partial charge on any atom is -0.324 e. The van der Waals surface area contributed by atoms with Gasteiger partial charge in [0.25, 0.3) is 0 Å². The van der Waals surface area contributed by atoms with E-state index in [4.69, 9.17) is 23.2 Å². The van der Waals surface area contributed by atoms with Crippen LogP contribution < -0.4 is 5.32 Å². The lowest BCUT2D eigenvalue weighted by Gasteiger charge is -2.30. The molecule has 1 aliphatic heterocycles. The van der Waals surface area contributed by atoms with Gasteiger partial charge in [0.2, 0.25) is 15.9 Å². The summed E-state index contributed by atoms with van der Waals surface area (Å²) in [5.41, 5.74) is 0.461. The zero-order valence-corrected chi connectivity index (χ0v) is 18.3. The van der Waals surface area contributed by atoms with Crippen molar-refractivity contribution in [3.63, 3.8) is 0 Å². The van der Waals surface area contributed by atoms with Crippen molar-refractivity contribution in [2.24, 2.45) is 5.92 Å². The molecule has 1 amide bonds. The predicted octanol–water partition coefficient (Wildman–Crippen LogP) is 4.75. The summed E-state index contributed by atoms with van der Waals surface area (Å²) in [6, 6.07) is 11.9. The Balaban J connectivity index is 1.63. The van der Waals surface area contributed by atoms with Crippen LogP contribution in [0.3, 0.4) is 0 Å². The molecule has 0 bridgehead atoms. The van der Waals surface area contributed by atoms with Gasteiger partial charge in [-0.1, -0.05) is 29.3 Å². The molecule has 0 unspecified atom stereocenters. The number of carbonyl (C=O) groups excluding carboxylic acids is 1. The van der Waals surface area contributed by atoms with Crippen molar-refractivity contribution in [1.29, 1.82) is 0 Å². The van der Waals surface area contributed by atoms with Crippen molar-refractivity contribution in [2.45, 2.75) is 22.6 Å². The highest BCUT2D eigenvalue weighted by Crippen LogP contribution is 2.31. The van der Waals surface area contributed by atoms with Gasteiger partial charge in [0.15, 0.2) is 0 Å². The van der Waals surface area contributed by atoms with Crippen LogP contribution in [-0.2, 0) is 14.8 Å². The van der Waals surface area contributed by atoms with Crippen LogP contribution in [0, 0.1) is 5.92 Å². The van der Waals surface area contributed by atoms with Gasteiger partial charge in [0.05, 0.1) is 20.6 Å². The van der Waals surface area contributed by atoms with E-state index < -0.39 is 10.0 Å². The first-order chi connectivity index (χ1) is 13.3. The minimum absolute atomic E-state index is 0.175. The van der Waals surface area contributed by atoms with Gasteiger partial charge in [0, 0.05) is 23.9 Å². The van der Waals surface area contributed by atoms with Crippen molar-refractivity contribution >= 4 is 56.6 Å². The van der Waals surface area contributed by atoms with Crippen LogP contribution in [-0.4, -0.2) is 38.0 Å². The van der Waals surface area contributed by atoms with E-state index in [2.05, 4.69) is 5.32 Å². The van der Waals surface area contributed by atoms with Crippen molar-refractivity contribution in [3.05, 3.63) is 52.5 Å². The second kappa shape index (κ2) is 9.05. The van der Waals surface area contributed by atoms with Gasteiger partial charge in [-0.05, 0) is 55.5 Å². The number of hydrogen-bond acceptors (Lipinski definition) is 4. The second-order valence-corrected chi connectivity index (χ2v) is 10.0. The molecule has 5 nitrogen and oxygen atoms in total. The Kier molecular flexibility index (Phi) is 6.94. The number of hydrogen-bond donors (Lipinski definition) is 1. The smallest absolute Gasteiger partial charge is 0.243 e. The van der Waals surface area contributed by atoms with Crippen LogP contribution >= 0.6 is 35.0 Å². The molecular weight excluding hydrogens is 439 g/mol. The highest BCUT2D eigenvalue weighted by molar-refractivity contribution is 7.98. The highest BCUT2D eigenvalue weighted by Gasteiger charge is 2.32. The van der Waals surface area contributed by atoms with Crippen LogP contribution in [0.2, 0.25) is 10.0 Å². The molecule has 0 radical (unpaired) electrons. The maximum atomic E-state index is 12.8. The number of thioether (sulfide) groups is 1. The average molecular weight is 459 g/mol. The number of amides is 1. The van der Waals surface area contributed by atoms with Crippen LogP contribution in [0.25, 0.3) is 0 Å². The monoisotopic (exact) mass is 458 g/mol. The lowest BCUT2D eigenvalue weighted by Crippen LogP contribution is -2.41. The molecule has 1 N–H and O–H groups in total. The molecule has 1 heterocycles. The van der Waals surface area contributed by atoms with Gasteiger partial charge < -0.3 is 5.32 Å². The first kappa shape index (κ1) is 21.5. The number of sulfonamides is 1. The number of nitrogens with one attached hydrogen (secondary N) is 1. The number of piperidine rings is 1. The summed E-state index contributed by atoms with van der Waals surface area (Å²) in [5, 5.41) is 3.46. The average Bonchev–Trinajstić information content (AvgIpc) is 2.71. The predicted molar refractivity (Wildman–Crippen MR) is 115 cm³/mol. The molecule has 28 heavy (non-hydrogen) atoms. The third-order valence-corrected chi connectivity index (χ3v) is 8.21. The SMILES string of the molecule is CSc1ccc(S(=O)(=O)N2CCC(C(=O)Nc3cccc(Cl)c3Cl)CC2)cc1. The molecule has 2 aromatic rings. The van der Waals surface area contributed by atoms with Crippen LogP contribution in [0.4, 0.5) is 5.69 Å². The number of carbonyl (C=O) groups is 1. The van der Waals surface area contributed by atoms with E-state index in [1.165, 1.54) is 4.31 Å². The van der Waals surface area contributed by atoms with Crippen LogP contribution in [0.1, 0.15) is 12.8 Å². The Hall–Kier alpha value is -1.25.